The van der Waals surface area contributed by atoms with Gasteiger partial charge in [-0.1, -0.05) is 145 Å². The molecule has 0 saturated carbocycles. The molecule has 0 N–H and O–H groups in total. The Morgan fingerprint density at radius 1 is 0.378 bits per heavy atom. The summed E-state index contributed by atoms with van der Waals surface area (Å²) in [5.41, 5.74) is 0.692. The van der Waals surface area contributed by atoms with Gasteiger partial charge in [0.05, 0.1) is 20.6 Å². The molecule has 0 saturated heterocycles. The summed E-state index contributed by atoms with van der Waals surface area (Å²) < 4.78 is 138. The molecule has 210 valence electrons. The van der Waals surface area contributed by atoms with Crippen molar-refractivity contribution in [2.45, 2.75) is 0 Å². The minimum Gasteiger partial charge on any atom is -0.456 e. The molecule has 0 amide bonds. The van der Waals surface area contributed by atoms with Crippen molar-refractivity contribution in [2.75, 3.05) is 0 Å². The van der Waals surface area contributed by atoms with Gasteiger partial charge in [-0.05, 0) is 84.7 Å². The van der Waals surface area contributed by atoms with Crippen LogP contribution in [0.2, 0.25) is 0 Å². The van der Waals surface area contributed by atoms with E-state index in [1.165, 1.54) is 0 Å². The van der Waals surface area contributed by atoms with Crippen molar-refractivity contribution in [3.63, 3.8) is 0 Å². The summed E-state index contributed by atoms with van der Waals surface area (Å²) in [5.74, 6) is 0. The molecule has 9 aromatic rings. The van der Waals surface area contributed by atoms with Gasteiger partial charge in [-0.25, -0.2) is 0 Å². The molecule has 1 aromatic heterocycles. The molecule has 0 bridgehead atoms. The summed E-state index contributed by atoms with van der Waals surface area (Å²) in [4.78, 5) is 0. The van der Waals surface area contributed by atoms with Crippen LogP contribution in [0.25, 0.3) is 88.0 Å². The van der Waals surface area contributed by atoms with Gasteiger partial charge in [0.1, 0.15) is 11.2 Å². The van der Waals surface area contributed by atoms with Crippen LogP contribution in [0.15, 0.2) is 174 Å². The van der Waals surface area contributed by atoms with E-state index in [1.807, 2.05) is 0 Å². The maximum atomic E-state index is 9.67. The topological polar surface area (TPSA) is 13.1 Å². The Labute approximate surface area is 282 Å². The van der Waals surface area contributed by atoms with E-state index in [2.05, 4.69) is 0 Å². The lowest BCUT2D eigenvalue weighted by Gasteiger charge is -2.20. The van der Waals surface area contributed by atoms with Crippen molar-refractivity contribution >= 4 is 43.5 Å². The van der Waals surface area contributed by atoms with E-state index in [0.29, 0.717) is 38.2 Å². The van der Waals surface area contributed by atoms with E-state index in [4.69, 9.17) is 19.5 Å². The van der Waals surface area contributed by atoms with Gasteiger partial charge >= 0.3 is 0 Å². The lowest BCUT2D eigenvalue weighted by Crippen LogP contribution is -1.93. The van der Waals surface area contributed by atoms with E-state index in [0.717, 1.165) is 0 Å². The van der Waals surface area contributed by atoms with Gasteiger partial charge in [0.2, 0.25) is 0 Å². The van der Waals surface area contributed by atoms with Crippen LogP contribution in [-0.4, -0.2) is 0 Å². The average Bonchev–Trinajstić information content (AvgIpc) is 3.66. The van der Waals surface area contributed by atoms with E-state index >= 15 is 0 Å². The third-order valence-electron chi connectivity index (χ3n) is 8.00. The highest BCUT2D eigenvalue weighted by Crippen LogP contribution is 2.49. The van der Waals surface area contributed by atoms with Crippen LogP contribution in [-0.2, 0) is 0 Å². The molecule has 0 aliphatic heterocycles. The summed E-state index contributed by atoms with van der Waals surface area (Å²) in [6.07, 6.45) is 0. The lowest BCUT2D eigenvalue weighted by molar-refractivity contribution is 0.669. The predicted molar refractivity (Wildman–Crippen MR) is 190 cm³/mol. The second-order valence-corrected chi connectivity index (χ2v) is 10.5. The van der Waals surface area contributed by atoms with Crippen molar-refractivity contribution < 1.29 is 25.0 Å². The molecule has 1 nitrogen and oxygen atoms in total. The van der Waals surface area contributed by atoms with Crippen molar-refractivity contribution in [3.05, 3.63) is 169 Å². The van der Waals surface area contributed by atoms with Gasteiger partial charge in [-0.15, -0.1) is 0 Å². The van der Waals surface area contributed by atoms with Gasteiger partial charge in [0.15, 0.2) is 0 Å². The highest BCUT2D eigenvalue weighted by molar-refractivity contribution is 6.25. The Kier molecular flexibility index (Phi) is 3.39. The number of para-hydroxylation sites is 1. The molecule has 0 spiro atoms. The molecular formula is C44H28O. The van der Waals surface area contributed by atoms with E-state index in [1.54, 1.807) is 78.9 Å². The van der Waals surface area contributed by atoms with Crippen molar-refractivity contribution in [2.24, 2.45) is 0 Å². The zero-order chi connectivity index (χ0) is 42.8. The summed E-state index contributed by atoms with van der Waals surface area (Å²) in [7, 11) is 0. The van der Waals surface area contributed by atoms with Gasteiger partial charge in [-0.3, -0.25) is 0 Å². The Morgan fingerprint density at radius 2 is 0.978 bits per heavy atom. The summed E-state index contributed by atoms with van der Waals surface area (Å²) in [6, 6.07) is 14.9. The Balaban J connectivity index is 1.50. The monoisotopic (exact) mass is 587 g/mol. The van der Waals surface area contributed by atoms with Crippen molar-refractivity contribution in [1.82, 2.24) is 0 Å². The van der Waals surface area contributed by atoms with Crippen LogP contribution < -0.4 is 0 Å². The van der Waals surface area contributed by atoms with Crippen LogP contribution in [0.4, 0.5) is 0 Å². The van der Waals surface area contributed by atoms with Crippen LogP contribution >= 0.6 is 0 Å². The molecule has 0 aliphatic carbocycles. The first-order valence-corrected chi connectivity index (χ1v) is 14.2. The van der Waals surface area contributed by atoms with Gasteiger partial charge < -0.3 is 4.42 Å². The Morgan fingerprint density at radius 3 is 1.71 bits per heavy atom. The quantitative estimate of drug-likeness (QED) is 0.187. The standard InChI is InChI=1S/C44H28O/c1-3-14-29(15-4-1)31-18-13-19-32(28-31)41-33-20-7-9-22-35(33)43(36-23-10-8-21-34(36)41)38-26-27-40-44(37-24-11-12-25-39(37)45-40)42(38)30-16-5-2-6-17-30/h1-28H/i1D,3D,4D,11D,12D,13D,14D,15D,18D,19D,24D,25D,26D,27D,28D. The highest BCUT2D eigenvalue weighted by Gasteiger charge is 2.22. The van der Waals surface area contributed by atoms with Crippen molar-refractivity contribution in [1.29, 1.82) is 0 Å². The maximum Gasteiger partial charge on any atom is 0.136 e. The molecule has 9 rings (SSSR count). The molecule has 0 radical (unpaired) electrons. The van der Waals surface area contributed by atoms with Crippen molar-refractivity contribution in [3.8, 4) is 44.5 Å². The molecule has 1 heteroatoms. The first-order chi connectivity index (χ1) is 28.6. The van der Waals surface area contributed by atoms with Gasteiger partial charge in [0, 0.05) is 16.3 Å². The Hall–Kier alpha value is -5.92. The summed E-state index contributed by atoms with van der Waals surface area (Å²) in [5, 5.41) is 2.09. The first-order valence-electron chi connectivity index (χ1n) is 21.7. The number of fused-ring (bicyclic) bond motifs is 5. The maximum absolute atomic E-state index is 9.67. The molecule has 1 heterocycles. The molecule has 45 heavy (non-hydrogen) atoms. The highest BCUT2D eigenvalue weighted by atomic mass is 16.3. The summed E-state index contributed by atoms with van der Waals surface area (Å²) >= 11 is 0. The number of hydrogen-bond acceptors (Lipinski definition) is 1. The minimum absolute atomic E-state index is 0.0474. The van der Waals surface area contributed by atoms with Crippen LogP contribution in [0.3, 0.4) is 0 Å². The third kappa shape index (κ3) is 4.09. The molecule has 0 unspecified atom stereocenters. The van der Waals surface area contributed by atoms with Gasteiger partial charge in [-0.2, -0.15) is 0 Å². The second-order valence-electron chi connectivity index (χ2n) is 10.5. The smallest absolute Gasteiger partial charge is 0.136 e. The SMILES string of the molecule is [2H]c1c([2H])c([2H])c(-c2c([2H])c([2H])c([2H])c(-c3c4ccccc4c(-c4c([2H])c([2H])c5oc6c([2H])c([2H])c([2H])c([2H])c6c5c4-c4ccccc4)c4ccccc34)c2[2H])c([2H])c1[2H]. The van der Waals surface area contributed by atoms with Crippen LogP contribution in [0.5, 0.6) is 0 Å². The fourth-order valence-corrected chi connectivity index (χ4v) is 6.17. The van der Waals surface area contributed by atoms with Crippen LogP contribution in [0, 0.1) is 0 Å². The fourth-order valence-electron chi connectivity index (χ4n) is 6.17. The fraction of sp³-hybridized carbons (Fsp3) is 0. The van der Waals surface area contributed by atoms with E-state index in [-0.39, 0.29) is 56.8 Å². The molecular weight excluding hydrogens is 544 g/mol. The number of hydrogen-bond donors (Lipinski definition) is 0. The van der Waals surface area contributed by atoms with E-state index < -0.39 is 83.6 Å². The zero-order valence-corrected chi connectivity index (χ0v) is 23.4. The molecule has 0 atom stereocenters. The van der Waals surface area contributed by atoms with E-state index in [9.17, 15) is 5.48 Å². The predicted octanol–water partition coefficient (Wildman–Crippen LogP) is 12.6. The normalized spacial score (nSPS) is 16.2. The largest absolute Gasteiger partial charge is 0.456 e. The minimum atomic E-state index is -0.680. The number of furan rings is 1. The number of benzene rings is 8. The Bertz CT molecular complexity index is 3290. The lowest BCUT2D eigenvalue weighted by atomic mass is 9.82. The second kappa shape index (κ2) is 10.4. The third-order valence-corrected chi connectivity index (χ3v) is 8.00. The van der Waals surface area contributed by atoms with Crippen LogP contribution in [0.1, 0.15) is 20.6 Å². The number of rotatable bonds is 4. The van der Waals surface area contributed by atoms with Gasteiger partial charge in [0.25, 0.3) is 0 Å². The molecule has 0 fully saturated rings. The molecule has 0 aliphatic rings. The average molecular weight is 588 g/mol. The zero-order valence-electron chi connectivity index (χ0n) is 38.4. The first kappa shape index (κ1) is 14.7. The summed E-state index contributed by atoms with van der Waals surface area (Å²) in [6.45, 7) is 0. The molecule has 8 aromatic carbocycles.